The molecular formula is C30H33N7O2. The fraction of sp³-hybridized carbons (Fsp3) is 0.300. The van der Waals surface area contributed by atoms with Crippen LogP contribution in [0.15, 0.2) is 78.9 Å². The number of nitrogens with zero attached hydrogens (tertiary/aromatic N) is 4. The fourth-order valence-electron chi connectivity index (χ4n) is 5.06. The first kappa shape index (κ1) is 26.1. The van der Waals surface area contributed by atoms with Gasteiger partial charge in [0.05, 0.1) is 12.6 Å². The van der Waals surface area contributed by atoms with Crippen LogP contribution in [-0.4, -0.2) is 32.6 Å². The van der Waals surface area contributed by atoms with Crippen molar-refractivity contribution in [2.24, 2.45) is 0 Å². The molecule has 9 nitrogen and oxygen atoms in total. The van der Waals surface area contributed by atoms with Gasteiger partial charge in [-0.05, 0) is 71.9 Å². The van der Waals surface area contributed by atoms with Crippen LogP contribution in [0.25, 0.3) is 0 Å². The van der Waals surface area contributed by atoms with Gasteiger partial charge in [0.15, 0.2) is 0 Å². The van der Waals surface area contributed by atoms with Gasteiger partial charge in [0, 0.05) is 11.3 Å². The van der Waals surface area contributed by atoms with Crippen molar-refractivity contribution in [2.45, 2.75) is 57.5 Å². The highest BCUT2D eigenvalue weighted by atomic mass is 16.2. The smallest absolute Gasteiger partial charge is 0.322 e. The van der Waals surface area contributed by atoms with Gasteiger partial charge in [0.1, 0.15) is 0 Å². The predicted octanol–water partition coefficient (Wildman–Crippen LogP) is 5.98. The average Bonchev–Trinajstić information content (AvgIpc) is 3.50. The number of benzene rings is 3. The highest BCUT2D eigenvalue weighted by Gasteiger charge is 2.21. The van der Waals surface area contributed by atoms with Crippen LogP contribution in [0.3, 0.4) is 0 Å². The van der Waals surface area contributed by atoms with E-state index in [4.69, 9.17) is 0 Å². The number of carbonyl (C=O) groups is 2. The van der Waals surface area contributed by atoms with Gasteiger partial charge < -0.3 is 5.32 Å². The molecule has 9 heteroatoms. The Morgan fingerprint density at radius 3 is 2.33 bits per heavy atom. The molecule has 1 fully saturated rings. The van der Waals surface area contributed by atoms with Crippen LogP contribution in [0, 0.1) is 0 Å². The number of amides is 3. The summed E-state index contributed by atoms with van der Waals surface area (Å²) in [5, 5.41) is 19.0. The third kappa shape index (κ3) is 6.67. The molecule has 1 aromatic heterocycles. The fourth-order valence-corrected chi connectivity index (χ4v) is 5.06. The van der Waals surface area contributed by atoms with Crippen molar-refractivity contribution >= 4 is 23.6 Å². The largest absolute Gasteiger partial charge is 0.331 e. The first-order valence-corrected chi connectivity index (χ1v) is 13.4. The van der Waals surface area contributed by atoms with Crippen LogP contribution < -0.4 is 15.5 Å². The Labute approximate surface area is 228 Å². The van der Waals surface area contributed by atoms with Crippen LogP contribution in [0.4, 0.5) is 16.4 Å². The van der Waals surface area contributed by atoms with Crippen LogP contribution >= 0.6 is 0 Å². The lowest BCUT2D eigenvalue weighted by Gasteiger charge is -2.27. The minimum absolute atomic E-state index is 0.108. The third-order valence-electron chi connectivity index (χ3n) is 7.29. The molecule has 3 amide bonds. The monoisotopic (exact) mass is 523 g/mol. The minimum Gasteiger partial charge on any atom is -0.331 e. The summed E-state index contributed by atoms with van der Waals surface area (Å²) in [7, 11) is 0. The molecule has 3 aromatic carbocycles. The van der Waals surface area contributed by atoms with E-state index in [0.29, 0.717) is 18.0 Å². The normalized spacial score (nSPS) is 14.4. The maximum absolute atomic E-state index is 13.6. The molecule has 1 heterocycles. The number of H-pyrrole nitrogens is 1. The predicted molar refractivity (Wildman–Crippen MR) is 150 cm³/mol. The third-order valence-corrected chi connectivity index (χ3v) is 7.29. The van der Waals surface area contributed by atoms with E-state index in [2.05, 4.69) is 43.4 Å². The summed E-state index contributed by atoms with van der Waals surface area (Å²) < 4.78 is 0. The van der Waals surface area contributed by atoms with Gasteiger partial charge >= 0.3 is 6.03 Å². The van der Waals surface area contributed by atoms with E-state index in [1.54, 1.807) is 17.0 Å². The van der Waals surface area contributed by atoms with Gasteiger partial charge in [-0.25, -0.2) is 4.79 Å². The lowest BCUT2D eigenvalue weighted by atomic mass is 9.84. The molecule has 1 aliphatic rings. The summed E-state index contributed by atoms with van der Waals surface area (Å²) in [6, 6.07) is 25.1. The summed E-state index contributed by atoms with van der Waals surface area (Å²) in [6.45, 7) is 2.33. The van der Waals surface area contributed by atoms with E-state index < -0.39 is 0 Å². The molecule has 0 radical (unpaired) electrons. The zero-order valence-electron chi connectivity index (χ0n) is 22.0. The second-order valence-electron chi connectivity index (χ2n) is 9.98. The second-order valence-corrected chi connectivity index (χ2v) is 9.98. The van der Waals surface area contributed by atoms with Crippen LogP contribution in [0.1, 0.15) is 78.0 Å². The van der Waals surface area contributed by atoms with Crippen LogP contribution in [0.2, 0.25) is 0 Å². The molecule has 200 valence electrons. The molecule has 1 unspecified atom stereocenters. The van der Waals surface area contributed by atoms with Crippen molar-refractivity contribution in [3.05, 3.63) is 101 Å². The Morgan fingerprint density at radius 1 is 0.949 bits per heavy atom. The maximum Gasteiger partial charge on any atom is 0.322 e. The number of aromatic amines is 1. The number of aromatic nitrogens is 4. The van der Waals surface area contributed by atoms with Gasteiger partial charge in [0.25, 0.3) is 11.9 Å². The number of hydrogen-bond acceptors (Lipinski definition) is 5. The Morgan fingerprint density at radius 2 is 1.67 bits per heavy atom. The summed E-state index contributed by atoms with van der Waals surface area (Å²) in [5.74, 6) is 0.364. The van der Waals surface area contributed by atoms with Crippen molar-refractivity contribution in [3.8, 4) is 0 Å². The van der Waals surface area contributed by atoms with Crippen LogP contribution in [-0.2, 0) is 6.54 Å². The Bertz CT molecular complexity index is 1350. The van der Waals surface area contributed by atoms with E-state index >= 15 is 0 Å². The number of hydrogen-bond donors (Lipinski definition) is 3. The molecule has 39 heavy (non-hydrogen) atoms. The summed E-state index contributed by atoms with van der Waals surface area (Å²) in [6.07, 6.45) is 6.33. The van der Waals surface area contributed by atoms with Crippen molar-refractivity contribution < 1.29 is 9.59 Å². The first-order chi connectivity index (χ1) is 19.1. The Hall–Kier alpha value is -4.53. The minimum atomic E-state index is -0.340. The molecule has 0 spiro atoms. The van der Waals surface area contributed by atoms with E-state index in [9.17, 15) is 9.59 Å². The number of rotatable bonds is 8. The van der Waals surface area contributed by atoms with Gasteiger partial charge in [-0.1, -0.05) is 79.0 Å². The number of carbonyl (C=O) groups excluding carboxylic acids is 2. The number of tetrazole rings is 1. The number of urea groups is 1. The first-order valence-electron chi connectivity index (χ1n) is 13.4. The molecule has 1 saturated carbocycles. The molecule has 0 bridgehead atoms. The molecule has 4 aromatic rings. The summed E-state index contributed by atoms with van der Waals surface area (Å²) in [5.41, 5.74) is 4.55. The molecule has 0 aliphatic heterocycles. The molecule has 1 aliphatic carbocycles. The number of anilines is 2. The average molecular weight is 524 g/mol. The lowest BCUT2D eigenvalue weighted by Crippen LogP contribution is -2.40. The quantitative estimate of drug-likeness (QED) is 0.263. The standard InChI is InChI=1S/C30H33N7O2/c1-21(23-8-4-2-5-9-23)31-30(39)37(27-18-16-25(17-19-27)24-10-6-3-7-11-24)20-22-12-14-26(15-13-22)28(38)32-29-33-35-36-34-29/h2,4-5,8-9,12-19,21,24H,3,6-7,10-11,20H2,1H3,(H,31,39)(H2,32,33,34,35,36,38). The van der Waals surface area contributed by atoms with Gasteiger partial charge in [-0.2, -0.15) is 5.21 Å². The van der Waals surface area contributed by atoms with Gasteiger partial charge in [-0.3, -0.25) is 15.0 Å². The Kier molecular flexibility index (Phi) is 8.26. The zero-order chi connectivity index (χ0) is 27.0. The number of nitrogens with one attached hydrogen (secondary N) is 3. The van der Waals surface area contributed by atoms with Crippen molar-refractivity contribution in [1.82, 2.24) is 25.9 Å². The zero-order valence-corrected chi connectivity index (χ0v) is 22.0. The van der Waals surface area contributed by atoms with Crippen molar-refractivity contribution in [3.63, 3.8) is 0 Å². The van der Waals surface area contributed by atoms with Crippen molar-refractivity contribution in [2.75, 3.05) is 10.2 Å². The topological polar surface area (TPSA) is 116 Å². The SMILES string of the molecule is CC(NC(=O)N(Cc1ccc(C(=O)Nc2nn[nH]n2)cc1)c1ccc(C2CCCCC2)cc1)c1ccccc1. The summed E-state index contributed by atoms with van der Waals surface area (Å²) in [4.78, 5) is 27.8. The van der Waals surface area contributed by atoms with E-state index in [1.807, 2.05) is 61.5 Å². The van der Waals surface area contributed by atoms with E-state index in [0.717, 1.165) is 16.8 Å². The molecular weight excluding hydrogens is 490 g/mol. The molecule has 5 rings (SSSR count). The second kappa shape index (κ2) is 12.3. The molecule has 3 N–H and O–H groups in total. The highest BCUT2D eigenvalue weighted by Crippen LogP contribution is 2.33. The molecule has 0 saturated heterocycles. The highest BCUT2D eigenvalue weighted by molar-refractivity contribution is 6.03. The van der Waals surface area contributed by atoms with E-state index in [1.165, 1.54) is 37.7 Å². The Balaban J connectivity index is 1.34. The lowest BCUT2D eigenvalue weighted by molar-refractivity contribution is 0.102. The molecule has 1 atom stereocenters. The van der Waals surface area contributed by atoms with E-state index in [-0.39, 0.29) is 23.9 Å². The summed E-state index contributed by atoms with van der Waals surface area (Å²) >= 11 is 0. The van der Waals surface area contributed by atoms with Crippen LogP contribution in [0.5, 0.6) is 0 Å². The van der Waals surface area contributed by atoms with Gasteiger partial charge in [0.2, 0.25) is 0 Å². The van der Waals surface area contributed by atoms with Crippen molar-refractivity contribution in [1.29, 1.82) is 0 Å². The van der Waals surface area contributed by atoms with Gasteiger partial charge in [-0.15, -0.1) is 5.10 Å². The maximum atomic E-state index is 13.6.